The van der Waals surface area contributed by atoms with Gasteiger partial charge in [0, 0.05) is 25.5 Å². The highest BCUT2D eigenvalue weighted by atomic mass is 35.5. The fraction of sp³-hybridized carbons (Fsp3) is 0.667. The fourth-order valence-electron chi connectivity index (χ4n) is 1.82. The predicted octanol–water partition coefficient (Wildman–Crippen LogP) is 3.07. The molecule has 0 aliphatic carbocycles. The molecule has 0 fully saturated rings. The van der Waals surface area contributed by atoms with Crippen molar-refractivity contribution in [2.45, 2.75) is 46.0 Å². The Hall–Kier alpha value is -0.830. The fourth-order valence-corrected chi connectivity index (χ4v) is 2.09. The third kappa shape index (κ3) is 3.34. The van der Waals surface area contributed by atoms with Crippen LogP contribution in [0.2, 0.25) is 5.15 Å². The number of rotatable bonds is 6. The van der Waals surface area contributed by atoms with Gasteiger partial charge in [-0.2, -0.15) is 5.10 Å². The molecule has 3 nitrogen and oxygen atoms in total. The van der Waals surface area contributed by atoms with Crippen LogP contribution in [0.5, 0.6) is 0 Å². The largest absolute Gasteiger partial charge is 0.300 e. The van der Waals surface area contributed by atoms with Crippen molar-refractivity contribution in [1.29, 1.82) is 0 Å². The summed E-state index contributed by atoms with van der Waals surface area (Å²) in [7, 11) is 1.83. The summed E-state index contributed by atoms with van der Waals surface area (Å²) in [5.41, 5.74) is 2.05. The number of carbonyl (C=O) groups excluding carboxylic acids is 1. The van der Waals surface area contributed by atoms with Gasteiger partial charge >= 0.3 is 0 Å². The van der Waals surface area contributed by atoms with Gasteiger partial charge < -0.3 is 0 Å². The van der Waals surface area contributed by atoms with Gasteiger partial charge in [0.2, 0.25) is 0 Å². The summed E-state index contributed by atoms with van der Waals surface area (Å²) < 4.78 is 1.68. The second kappa shape index (κ2) is 6.04. The topological polar surface area (TPSA) is 34.9 Å². The minimum Gasteiger partial charge on any atom is -0.300 e. The summed E-state index contributed by atoms with van der Waals surface area (Å²) in [6.45, 7) is 3.98. The van der Waals surface area contributed by atoms with Gasteiger partial charge in [-0.15, -0.1) is 0 Å². The number of hydrogen-bond donors (Lipinski definition) is 0. The summed E-state index contributed by atoms with van der Waals surface area (Å²) in [6, 6.07) is 0. The smallest absolute Gasteiger partial charge is 0.132 e. The molecule has 0 bridgehead atoms. The lowest BCUT2D eigenvalue weighted by Gasteiger charge is -2.00. The van der Waals surface area contributed by atoms with Crippen LogP contribution in [-0.2, 0) is 18.3 Å². The van der Waals surface area contributed by atoms with Crippen LogP contribution in [0, 0.1) is 6.92 Å². The van der Waals surface area contributed by atoms with E-state index in [1.165, 1.54) is 0 Å². The SMILES string of the molecule is CCCC(=O)CCCc1c(C)nn(C)c1Cl. The van der Waals surface area contributed by atoms with E-state index in [4.69, 9.17) is 11.6 Å². The molecule has 1 heterocycles. The molecule has 0 amide bonds. The third-order valence-corrected chi connectivity index (χ3v) is 3.15. The van der Waals surface area contributed by atoms with Crippen molar-refractivity contribution in [2.24, 2.45) is 7.05 Å². The Morgan fingerprint density at radius 2 is 2.12 bits per heavy atom. The molecule has 4 heteroatoms. The van der Waals surface area contributed by atoms with Gasteiger partial charge in [-0.1, -0.05) is 18.5 Å². The zero-order valence-corrected chi connectivity index (χ0v) is 11.0. The molecule has 1 rings (SSSR count). The van der Waals surface area contributed by atoms with Crippen LogP contribution in [0.1, 0.15) is 43.9 Å². The molecule has 0 atom stereocenters. The number of aromatic nitrogens is 2. The van der Waals surface area contributed by atoms with E-state index in [1.54, 1.807) is 4.68 Å². The summed E-state index contributed by atoms with van der Waals surface area (Å²) in [4.78, 5) is 11.4. The lowest BCUT2D eigenvalue weighted by molar-refractivity contribution is -0.119. The number of ketones is 1. The van der Waals surface area contributed by atoms with Crippen molar-refractivity contribution < 1.29 is 4.79 Å². The number of carbonyl (C=O) groups is 1. The maximum atomic E-state index is 11.4. The number of nitrogens with zero attached hydrogens (tertiary/aromatic N) is 2. The van der Waals surface area contributed by atoms with Crippen molar-refractivity contribution >= 4 is 17.4 Å². The Morgan fingerprint density at radius 3 is 2.62 bits per heavy atom. The summed E-state index contributed by atoms with van der Waals surface area (Å²) in [5.74, 6) is 0.347. The Labute approximate surface area is 102 Å². The molecule has 0 saturated heterocycles. The summed E-state index contributed by atoms with van der Waals surface area (Å²) in [6.07, 6.45) is 3.99. The maximum Gasteiger partial charge on any atom is 0.132 e. The van der Waals surface area contributed by atoms with Crippen LogP contribution in [0.3, 0.4) is 0 Å². The van der Waals surface area contributed by atoms with E-state index in [1.807, 2.05) is 20.9 Å². The van der Waals surface area contributed by atoms with Gasteiger partial charge in [-0.3, -0.25) is 9.48 Å². The third-order valence-electron chi connectivity index (χ3n) is 2.68. The molecule has 0 aromatic carbocycles. The van der Waals surface area contributed by atoms with Crippen LogP contribution in [-0.4, -0.2) is 15.6 Å². The second-order valence-corrected chi connectivity index (χ2v) is 4.48. The molecule has 16 heavy (non-hydrogen) atoms. The predicted molar refractivity (Wildman–Crippen MR) is 65.8 cm³/mol. The molecule has 0 saturated carbocycles. The van der Waals surface area contributed by atoms with Gasteiger partial charge in [0.25, 0.3) is 0 Å². The standard InChI is InChI=1S/C12H19ClN2O/c1-4-6-10(16)7-5-8-11-9(2)14-15(3)12(11)13/h4-8H2,1-3H3. The van der Waals surface area contributed by atoms with E-state index < -0.39 is 0 Å². The van der Waals surface area contributed by atoms with Gasteiger partial charge in [-0.05, 0) is 26.2 Å². The van der Waals surface area contributed by atoms with Gasteiger partial charge in [-0.25, -0.2) is 0 Å². The molecule has 1 aromatic rings. The Bertz CT molecular complexity index is 371. The van der Waals surface area contributed by atoms with Crippen molar-refractivity contribution in [3.05, 3.63) is 16.4 Å². The molecule has 0 aliphatic rings. The molecular formula is C12H19ClN2O. The van der Waals surface area contributed by atoms with Gasteiger partial charge in [0.15, 0.2) is 0 Å². The number of halogens is 1. The number of aryl methyl sites for hydroxylation is 2. The highest BCUT2D eigenvalue weighted by Crippen LogP contribution is 2.20. The van der Waals surface area contributed by atoms with E-state index >= 15 is 0 Å². The van der Waals surface area contributed by atoms with Crippen LogP contribution < -0.4 is 0 Å². The highest BCUT2D eigenvalue weighted by Gasteiger charge is 2.11. The average Bonchev–Trinajstić information content (AvgIpc) is 2.45. The molecule has 0 unspecified atom stereocenters. The lowest BCUT2D eigenvalue weighted by Crippen LogP contribution is -1.98. The lowest BCUT2D eigenvalue weighted by atomic mass is 10.1. The van der Waals surface area contributed by atoms with Crippen LogP contribution in [0.15, 0.2) is 0 Å². The van der Waals surface area contributed by atoms with Crippen LogP contribution in [0.25, 0.3) is 0 Å². The van der Waals surface area contributed by atoms with Crippen LogP contribution in [0.4, 0.5) is 0 Å². The summed E-state index contributed by atoms with van der Waals surface area (Å²) >= 11 is 6.11. The highest BCUT2D eigenvalue weighted by molar-refractivity contribution is 6.30. The van der Waals surface area contributed by atoms with Crippen molar-refractivity contribution in [3.63, 3.8) is 0 Å². The minimum absolute atomic E-state index is 0.347. The van der Waals surface area contributed by atoms with Crippen molar-refractivity contribution in [1.82, 2.24) is 9.78 Å². The first-order chi connectivity index (χ1) is 7.56. The number of Topliss-reactive ketones (excluding diaryl/α,β-unsaturated/α-hetero) is 1. The normalized spacial score (nSPS) is 10.8. The monoisotopic (exact) mass is 242 g/mol. The van der Waals surface area contributed by atoms with Crippen LogP contribution >= 0.6 is 11.6 Å². The zero-order chi connectivity index (χ0) is 12.1. The number of hydrogen-bond acceptors (Lipinski definition) is 2. The quantitative estimate of drug-likeness (QED) is 0.769. The van der Waals surface area contributed by atoms with E-state index in [2.05, 4.69) is 5.10 Å². The molecular weight excluding hydrogens is 224 g/mol. The molecule has 90 valence electrons. The van der Waals surface area contributed by atoms with E-state index in [0.717, 1.165) is 30.5 Å². The van der Waals surface area contributed by atoms with E-state index in [9.17, 15) is 4.79 Å². The molecule has 0 spiro atoms. The van der Waals surface area contributed by atoms with E-state index in [0.29, 0.717) is 23.8 Å². The first-order valence-corrected chi connectivity index (χ1v) is 6.13. The molecule has 0 radical (unpaired) electrons. The van der Waals surface area contributed by atoms with Crippen molar-refractivity contribution in [2.75, 3.05) is 0 Å². The maximum absolute atomic E-state index is 11.4. The molecule has 0 N–H and O–H groups in total. The van der Waals surface area contributed by atoms with E-state index in [-0.39, 0.29) is 0 Å². The molecule has 1 aromatic heterocycles. The van der Waals surface area contributed by atoms with Gasteiger partial charge in [0.1, 0.15) is 10.9 Å². The molecule has 0 aliphatic heterocycles. The first-order valence-electron chi connectivity index (χ1n) is 5.76. The van der Waals surface area contributed by atoms with Crippen molar-refractivity contribution in [3.8, 4) is 0 Å². The first kappa shape index (κ1) is 13.2. The minimum atomic E-state index is 0.347. The second-order valence-electron chi connectivity index (χ2n) is 4.12. The Morgan fingerprint density at radius 1 is 1.44 bits per heavy atom. The van der Waals surface area contributed by atoms with Gasteiger partial charge in [0.05, 0.1) is 5.69 Å². The zero-order valence-electron chi connectivity index (χ0n) is 10.2. The summed E-state index contributed by atoms with van der Waals surface area (Å²) in [5, 5.41) is 4.94. The average molecular weight is 243 g/mol. The Kier molecular flexibility index (Phi) is 5.00. The Balaban J connectivity index is 2.46.